The lowest BCUT2D eigenvalue weighted by Crippen LogP contribution is -2.13. The van der Waals surface area contributed by atoms with Crippen molar-refractivity contribution in [3.63, 3.8) is 0 Å². The number of nitrogens with one attached hydrogen (secondary N) is 1. The van der Waals surface area contributed by atoms with Crippen LogP contribution >= 0.6 is 11.3 Å². The number of aryl methyl sites for hydroxylation is 3. The molecule has 0 aliphatic rings. The van der Waals surface area contributed by atoms with Gasteiger partial charge in [0, 0.05) is 10.6 Å². The van der Waals surface area contributed by atoms with Crippen LogP contribution in [0.2, 0.25) is 0 Å². The molecule has 112 valence electrons. The molecular weight excluding hydrogens is 278 g/mol. The zero-order chi connectivity index (χ0) is 15.6. The Kier molecular flexibility index (Phi) is 4.84. The molecule has 0 spiro atoms. The summed E-state index contributed by atoms with van der Waals surface area (Å²) in [5.74, 6) is 0.385. The Hall–Kier alpha value is -1.61. The van der Waals surface area contributed by atoms with Crippen molar-refractivity contribution in [1.82, 2.24) is 0 Å². The summed E-state index contributed by atoms with van der Waals surface area (Å²) in [6, 6.07) is 8.17. The third-order valence-corrected chi connectivity index (χ3v) is 5.11. The summed E-state index contributed by atoms with van der Waals surface area (Å²) >= 11 is 1.59. The number of rotatable bonds is 4. The van der Waals surface area contributed by atoms with Crippen LogP contribution in [-0.4, -0.2) is 5.91 Å². The molecule has 2 rings (SSSR count). The second-order valence-corrected chi connectivity index (χ2v) is 6.86. The Morgan fingerprint density at radius 1 is 1.24 bits per heavy atom. The standard InChI is InChI=1S/C18H23NOS/c1-6-15-13(5)10-16(21-15)18(20)19-17-12(4)8-7-9-14(17)11(2)3/h7-11H,6H2,1-5H3,(H,19,20). The van der Waals surface area contributed by atoms with Crippen molar-refractivity contribution < 1.29 is 4.79 Å². The molecule has 2 nitrogen and oxygen atoms in total. The fourth-order valence-electron chi connectivity index (χ4n) is 2.50. The van der Waals surface area contributed by atoms with Gasteiger partial charge in [0.05, 0.1) is 4.88 Å². The average Bonchev–Trinajstić information content (AvgIpc) is 2.82. The van der Waals surface area contributed by atoms with E-state index in [1.54, 1.807) is 11.3 Å². The van der Waals surface area contributed by atoms with Crippen LogP contribution in [0, 0.1) is 13.8 Å². The van der Waals surface area contributed by atoms with Crippen LogP contribution in [0.5, 0.6) is 0 Å². The van der Waals surface area contributed by atoms with E-state index >= 15 is 0 Å². The number of carbonyl (C=O) groups is 1. The molecule has 0 fully saturated rings. The van der Waals surface area contributed by atoms with Crippen molar-refractivity contribution >= 4 is 22.9 Å². The van der Waals surface area contributed by atoms with E-state index in [2.05, 4.69) is 39.1 Å². The Morgan fingerprint density at radius 2 is 1.95 bits per heavy atom. The third kappa shape index (κ3) is 3.35. The molecule has 0 saturated carbocycles. The normalized spacial score (nSPS) is 11.0. The van der Waals surface area contributed by atoms with Crippen molar-refractivity contribution in [2.45, 2.75) is 47.0 Å². The van der Waals surface area contributed by atoms with Crippen LogP contribution in [0.1, 0.15) is 57.9 Å². The fourth-order valence-corrected chi connectivity index (χ4v) is 3.51. The molecular formula is C18H23NOS. The summed E-state index contributed by atoms with van der Waals surface area (Å²) in [5.41, 5.74) is 4.47. The maximum absolute atomic E-state index is 12.5. The van der Waals surface area contributed by atoms with Crippen molar-refractivity contribution in [3.05, 3.63) is 50.7 Å². The molecule has 1 aromatic heterocycles. The third-order valence-electron chi connectivity index (χ3n) is 3.73. The highest BCUT2D eigenvalue weighted by Crippen LogP contribution is 2.29. The summed E-state index contributed by atoms with van der Waals surface area (Å²) in [6.45, 7) is 10.5. The van der Waals surface area contributed by atoms with Gasteiger partial charge >= 0.3 is 0 Å². The first kappa shape index (κ1) is 15.8. The van der Waals surface area contributed by atoms with Crippen molar-refractivity contribution in [1.29, 1.82) is 0 Å². The minimum absolute atomic E-state index is 0.000926. The van der Waals surface area contributed by atoms with Crippen molar-refractivity contribution in [2.75, 3.05) is 5.32 Å². The molecule has 1 heterocycles. The molecule has 0 aliphatic carbocycles. The van der Waals surface area contributed by atoms with E-state index in [0.29, 0.717) is 5.92 Å². The van der Waals surface area contributed by atoms with E-state index in [-0.39, 0.29) is 5.91 Å². The highest BCUT2D eigenvalue weighted by atomic mass is 32.1. The summed E-state index contributed by atoms with van der Waals surface area (Å²) in [7, 11) is 0. The topological polar surface area (TPSA) is 29.1 Å². The van der Waals surface area contributed by atoms with Gasteiger partial charge in [0.25, 0.3) is 5.91 Å². The number of hydrogen-bond donors (Lipinski definition) is 1. The Balaban J connectivity index is 2.31. The van der Waals surface area contributed by atoms with Gasteiger partial charge in [0.1, 0.15) is 0 Å². The van der Waals surface area contributed by atoms with E-state index in [9.17, 15) is 4.79 Å². The molecule has 0 radical (unpaired) electrons. The zero-order valence-electron chi connectivity index (χ0n) is 13.4. The number of thiophene rings is 1. The van der Waals surface area contributed by atoms with Gasteiger partial charge in [-0.25, -0.2) is 0 Å². The van der Waals surface area contributed by atoms with Crippen molar-refractivity contribution in [3.8, 4) is 0 Å². The molecule has 2 aromatic rings. The SMILES string of the molecule is CCc1sc(C(=O)Nc2c(C)cccc2C(C)C)cc1C. The molecule has 1 aromatic carbocycles. The molecule has 1 N–H and O–H groups in total. The largest absolute Gasteiger partial charge is 0.321 e. The maximum atomic E-state index is 12.5. The monoisotopic (exact) mass is 301 g/mol. The Morgan fingerprint density at radius 3 is 2.52 bits per heavy atom. The maximum Gasteiger partial charge on any atom is 0.265 e. The van der Waals surface area contributed by atoms with Gasteiger partial charge in [-0.3, -0.25) is 4.79 Å². The molecule has 3 heteroatoms. The minimum atomic E-state index is -0.000926. The van der Waals surface area contributed by atoms with E-state index in [4.69, 9.17) is 0 Å². The van der Waals surface area contributed by atoms with Gasteiger partial charge in [0.2, 0.25) is 0 Å². The van der Waals surface area contributed by atoms with Gasteiger partial charge in [-0.2, -0.15) is 0 Å². The highest BCUT2D eigenvalue weighted by Gasteiger charge is 2.15. The number of para-hydroxylation sites is 1. The van der Waals surface area contributed by atoms with Gasteiger partial charge in [-0.15, -0.1) is 11.3 Å². The summed E-state index contributed by atoms with van der Waals surface area (Å²) in [4.78, 5) is 14.6. The Labute approximate surface area is 131 Å². The van der Waals surface area contributed by atoms with Crippen molar-refractivity contribution in [2.24, 2.45) is 0 Å². The van der Waals surface area contributed by atoms with Gasteiger partial charge in [0.15, 0.2) is 0 Å². The smallest absolute Gasteiger partial charge is 0.265 e. The predicted molar refractivity (Wildman–Crippen MR) is 91.7 cm³/mol. The second-order valence-electron chi connectivity index (χ2n) is 5.72. The van der Waals surface area contributed by atoms with Crippen LogP contribution in [0.25, 0.3) is 0 Å². The van der Waals surface area contributed by atoms with Gasteiger partial charge in [-0.05, 0) is 48.9 Å². The molecule has 0 saturated heterocycles. The predicted octanol–water partition coefficient (Wildman–Crippen LogP) is 5.30. The van der Waals surface area contributed by atoms with E-state index in [1.807, 2.05) is 25.1 Å². The zero-order valence-corrected chi connectivity index (χ0v) is 14.2. The van der Waals surface area contributed by atoms with Crippen LogP contribution in [0.15, 0.2) is 24.3 Å². The number of amides is 1. The number of benzene rings is 1. The number of carbonyl (C=O) groups excluding carboxylic acids is 1. The lowest BCUT2D eigenvalue weighted by atomic mass is 9.98. The van der Waals surface area contributed by atoms with Crippen LogP contribution in [0.4, 0.5) is 5.69 Å². The summed E-state index contributed by atoms with van der Waals surface area (Å²) in [5, 5.41) is 3.11. The van der Waals surface area contributed by atoms with Crippen LogP contribution in [-0.2, 0) is 6.42 Å². The van der Waals surface area contributed by atoms with E-state index < -0.39 is 0 Å². The molecule has 21 heavy (non-hydrogen) atoms. The average molecular weight is 301 g/mol. The molecule has 1 amide bonds. The van der Waals surface area contributed by atoms with Gasteiger partial charge in [-0.1, -0.05) is 39.0 Å². The van der Waals surface area contributed by atoms with Crippen LogP contribution in [0.3, 0.4) is 0 Å². The molecule has 0 aliphatic heterocycles. The second kappa shape index (κ2) is 6.44. The first-order chi connectivity index (χ1) is 9.93. The van der Waals surface area contributed by atoms with E-state index in [1.165, 1.54) is 16.0 Å². The minimum Gasteiger partial charge on any atom is -0.321 e. The molecule has 0 bridgehead atoms. The molecule has 0 atom stereocenters. The van der Waals surface area contributed by atoms with Crippen LogP contribution < -0.4 is 5.32 Å². The first-order valence-corrected chi connectivity index (χ1v) is 8.25. The van der Waals surface area contributed by atoms with Gasteiger partial charge < -0.3 is 5.32 Å². The summed E-state index contributed by atoms with van der Waals surface area (Å²) < 4.78 is 0. The van der Waals surface area contributed by atoms with E-state index in [0.717, 1.165) is 22.5 Å². The molecule has 0 unspecified atom stereocenters. The Bertz CT molecular complexity index is 655. The number of anilines is 1. The lowest BCUT2D eigenvalue weighted by Gasteiger charge is -2.16. The fraction of sp³-hybridized carbons (Fsp3) is 0.389. The number of hydrogen-bond acceptors (Lipinski definition) is 2. The first-order valence-electron chi connectivity index (χ1n) is 7.44. The quantitative estimate of drug-likeness (QED) is 0.815. The highest BCUT2D eigenvalue weighted by molar-refractivity contribution is 7.14. The lowest BCUT2D eigenvalue weighted by molar-refractivity contribution is 0.103. The summed E-state index contributed by atoms with van der Waals surface area (Å²) in [6.07, 6.45) is 0.978.